The van der Waals surface area contributed by atoms with E-state index in [1.807, 2.05) is 56.9 Å². The number of rotatable bonds is 4. The lowest BCUT2D eigenvalue weighted by Crippen LogP contribution is -2.41. The van der Waals surface area contributed by atoms with Crippen LogP contribution in [0.2, 0.25) is 10.0 Å². The molecule has 1 N–H and O–H groups in total. The third kappa shape index (κ3) is 6.78. The van der Waals surface area contributed by atoms with Crippen LogP contribution in [0.3, 0.4) is 0 Å². The average molecular weight is 574 g/mol. The van der Waals surface area contributed by atoms with Gasteiger partial charge in [0.15, 0.2) is 15.5 Å². The van der Waals surface area contributed by atoms with Crippen molar-refractivity contribution in [3.05, 3.63) is 69.3 Å². The number of sulfone groups is 1. The first kappa shape index (κ1) is 28.2. The molecule has 2 aromatic carbocycles. The zero-order valence-corrected chi connectivity index (χ0v) is 24.1. The number of benzene rings is 2. The molecule has 0 unspecified atom stereocenters. The summed E-state index contributed by atoms with van der Waals surface area (Å²) in [4.78, 5) is 15.1. The van der Waals surface area contributed by atoms with Crippen molar-refractivity contribution >= 4 is 38.9 Å². The molecule has 1 amide bonds. The predicted octanol–water partition coefficient (Wildman–Crippen LogP) is 4.76. The normalized spacial score (nSPS) is 15.5. The summed E-state index contributed by atoms with van der Waals surface area (Å²) < 4.78 is 24.9. The molecule has 0 aliphatic carbocycles. The Morgan fingerprint density at radius 3 is 2.34 bits per heavy atom. The minimum atomic E-state index is -2.92. The van der Waals surface area contributed by atoms with E-state index in [-0.39, 0.29) is 17.4 Å². The number of hydrogen-bond donors (Lipinski definition) is 1. The van der Waals surface area contributed by atoms with E-state index in [0.717, 1.165) is 22.4 Å². The standard InChI is InChI=1S/C28H30Cl2N4O3S/c1-19-25(27(35)31-28(2,3)4)32-34(26(19)21-8-10-22(29)11-9-21)24-12-7-20(18-23(24)30)6-5-13-33-14-16-38(36,37)17-15-33/h7-12,18H,13-17H2,1-4H3,(H,31,35). The second-order valence-corrected chi connectivity index (χ2v) is 13.5. The summed E-state index contributed by atoms with van der Waals surface area (Å²) >= 11 is 12.8. The van der Waals surface area contributed by atoms with Crippen LogP contribution >= 0.6 is 23.2 Å². The third-order valence-corrected chi connectivity index (χ3v) is 8.26. The number of amides is 1. The minimum Gasteiger partial charge on any atom is -0.346 e. The lowest BCUT2D eigenvalue weighted by molar-refractivity contribution is 0.0913. The summed E-state index contributed by atoms with van der Waals surface area (Å²) in [5.41, 5.74) is 3.53. The van der Waals surface area contributed by atoms with Crippen molar-refractivity contribution in [2.45, 2.75) is 33.2 Å². The van der Waals surface area contributed by atoms with E-state index >= 15 is 0 Å². The van der Waals surface area contributed by atoms with E-state index in [2.05, 4.69) is 22.3 Å². The van der Waals surface area contributed by atoms with Crippen molar-refractivity contribution in [1.82, 2.24) is 20.0 Å². The van der Waals surface area contributed by atoms with Crippen molar-refractivity contribution in [2.24, 2.45) is 0 Å². The highest BCUT2D eigenvalue weighted by atomic mass is 35.5. The fourth-order valence-electron chi connectivity index (χ4n) is 4.15. The fourth-order valence-corrected chi connectivity index (χ4v) is 5.81. The van der Waals surface area contributed by atoms with E-state index in [1.165, 1.54) is 0 Å². The van der Waals surface area contributed by atoms with Gasteiger partial charge in [0.25, 0.3) is 5.91 Å². The molecule has 0 radical (unpaired) electrons. The highest BCUT2D eigenvalue weighted by Gasteiger charge is 2.25. The molecule has 3 aromatic rings. The molecule has 0 bridgehead atoms. The Balaban J connectivity index is 1.66. The third-order valence-electron chi connectivity index (χ3n) is 6.09. The summed E-state index contributed by atoms with van der Waals surface area (Å²) in [6, 6.07) is 12.8. The highest BCUT2D eigenvalue weighted by molar-refractivity contribution is 7.91. The van der Waals surface area contributed by atoms with E-state index in [4.69, 9.17) is 23.2 Å². The van der Waals surface area contributed by atoms with Gasteiger partial charge in [-0.25, -0.2) is 13.1 Å². The van der Waals surface area contributed by atoms with Crippen molar-refractivity contribution in [1.29, 1.82) is 0 Å². The molecule has 1 aromatic heterocycles. The van der Waals surface area contributed by atoms with E-state index in [1.54, 1.807) is 22.9 Å². The Labute approximate surface area is 234 Å². The van der Waals surface area contributed by atoms with Crippen LogP contribution in [-0.4, -0.2) is 65.7 Å². The summed E-state index contributed by atoms with van der Waals surface area (Å²) in [6.07, 6.45) is 0. The molecule has 7 nitrogen and oxygen atoms in total. The number of hydrogen-bond acceptors (Lipinski definition) is 5. The van der Waals surface area contributed by atoms with Gasteiger partial charge in [0.05, 0.1) is 34.5 Å². The Bertz CT molecular complexity index is 1510. The summed E-state index contributed by atoms with van der Waals surface area (Å²) in [5.74, 6) is 6.29. The molecule has 4 rings (SSSR count). The molecular formula is C28H30Cl2N4O3S. The zero-order valence-electron chi connectivity index (χ0n) is 21.8. The van der Waals surface area contributed by atoms with Gasteiger partial charge in [0, 0.05) is 40.3 Å². The van der Waals surface area contributed by atoms with Crippen LogP contribution in [0, 0.1) is 18.8 Å². The van der Waals surface area contributed by atoms with Crippen LogP contribution < -0.4 is 5.32 Å². The molecule has 38 heavy (non-hydrogen) atoms. The summed E-state index contributed by atoms with van der Waals surface area (Å²) in [6.45, 7) is 9.09. The topological polar surface area (TPSA) is 84.3 Å². The molecule has 200 valence electrons. The molecule has 1 aliphatic rings. The molecule has 1 saturated heterocycles. The molecule has 0 saturated carbocycles. The van der Waals surface area contributed by atoms with Gasteiger partial charge in [0.1, 0.15) is 0 Å². The molecule has 0 spiro atoms. The van der Waals surface area contributed by atoms with E-state index in [0.29, 0.717) is 41.1 Å². The number of nitrogens with zero attached hydrogens (tertiary/aromatic N) is 3. The lowest BCUT2D eigenvalue weighted by atomic mass is 10.0. The molecular weight excluding hydrogens is 543 g/mol. The highest BCUT2D eigenvalue weighted by Crippen LogP contribution is 2.32. The van der Waals surface area contributed by atoms with Gasteiger partial charge in [-0.3, -0.25) is 9.69 Å². The lowest BCUT2D eigenvalue weighted by Gasteiger charge is -2.24. The smallest absolute Gasteiger partial charge is 0.272 e. The average Bonchev–Trinajstić information content (AvgIpc) is 3.16. The Kier molecular flexibility index (Phi) is 8.24. The van der Waals surface area contributed by atoms with Gasteiger partial charge in [-0.1, -0.05) is 47.2 Å². The van der Waals surface area contributed by atoms with Gasteiger partial charge >= 0.3 is 0 Å². The van der Waals surface area contributed by atoms with Gasteiger partial charge in [-0.15, -0.1) is 0 Å². The maximum atomic E-state index is 13.1. The van der Waals surface area contributed by atoms with Crippen LogP contribution in [0.25, 0.3) is 16.9 Å². The SMILES string of the molecule is Cc1c(C(=O)NC(C)(C)C)nn(-c2ccc(C#CCN3CCS(=O)(=O)CC3)cc2Cl)c1-c1ccc(Cl)cc1. The first-order chi connectivity index (χ1) is 17.8. The van der Waals surface area contributed by atoms with Crippen molar-refractivity contribution in [3.8, 4) is 28.8 Å². The second-order valence-electron chi connectivity index (χ2n) is 10.3. The zero-order chi connectivity index (χ0) is 27.7. The molecule has 2 heterocycles. The summed E-state index contributed by atoms with van der Waals surface area (Å²) in [5, 5.41) is 8.71. The number of nitrogens with one attached hydrogen (secondary N) is 1. The number of carbonyl (C=O) groups excluding carboxylic acids is 1. The molecule has 10 heteroatoms. The largest absolute Gasteiger partial charge is 0.346 e. The number of carbonyl (C=O) groups is 1. The number of aromatic nitrogens is 2. The fraction of sp³-hybridized carbons (Fsp3) is 0.357. The first-order valence-corrected chi connectivity index (χ1v) is 14.8. The first-order valence-electron chi connectivity index (χ1n) is 12.2. The van der Waals surface area contributed by atoms with Gasteiger partial charge < -0.3 is 5.32 Å². The Morgan fingerprint density at radius 1 is 1.08 bits per heavy atom. The van der Waals surface area contributed by atoms with Crippen LogP contribution in [0.1, 0.15) is 42.4 Å². The monoisotopic (exact) mass is 572 g/mol. The Morgan fingerprint density at radius 2 is 1.74 bits per heavy atom. The van der Waals surface area contributed by atoms with Crippen molar-refractivity contribution < 1.29 is 13.2 Å². The minimum absolute atomic E-state index is 0.171. The van der Waals surface area contributed by atoms with Gasteiger partial charge in [-0.2, -0.15) is 5.10 Å². The predicted molar refractivity (Wildman–Crippen MR) is 153 cm³/mol. The van der Waals surface area contributed by atoms with Crippen LogP contribution in [0.5, 0.6) is 0 Å². The maximum Gasteiger partial charge on any atom is 0.272 e. The van der Waals surface area contributed by atoms with Crippen molar-refractivity contribution in [3.63, 3.8) is 0 Å². The van der Waals surface area contributed by atoms with Crippen LogP contribution in [0.4, 0.5) is 0 Å². The number of halogens is 2. The van der Waals surface area contributed by atoms with Crippen molar-refractivity contribution in [2.75, 3.05) is 31.1 Å². The summed E-state index contributed by atoms with van der Waals surface area (Å²) in [7, 11) is -2.92. The van der Waals surface area contributed by atoms with Crippen LogP contribution in [0.15, 0.2) is 42.5 Å². The Hall–Kier alpha value is -2.83. The van der Waals surface area contributed by atoms with Gasteiger partial charge in [0.2, 0.25) is 0 Å². The van der Waals surface area contributed by atoms with E-state index in [9.17, 15) is 13.2 Å². The molecule has 1 aliphatic heterocycles. The van der Waals surface area contributed by atoms with Crippen LogP contribution in [-0.2, 0) is 9.84 Å². The second kappa shape index (κ2) is 11.1. The molecule has 0 atom stereocenters. The van der Waals surface area contributed by atoms with E-state index < -0.39 is 15.4 Å². The quantitative estimate of drug-likeness (QED) is 0.455. The molecule has 1 fully saturated rings. The maximum absolute atomic E-state index is 13.1. The van der Waals surface area contributed by atoms with Gasteiger partial charge in [-0.05, 0) is 58.0 Å².